The summed E-state index contributed by atoms with van der Waals surface area (Å²) in [7, 11) is 1.65. The molecule has 27 heavy (non-hydrogen) atoms. The number of hydrogen-bond acceptors (Lipinski definition) is 6. The van der Waals surface area contributed by atoms with Crippen molar-refractivity contribution in [1.29, 1.82) is 0 Å². The fraction of sp³-hybridized carbons (Fsp3) is 0.143. The first-order chi connectivity index (χ1) is 13.3. The molecule has 136 valence electrons. The Labute approximate surface area is 161 Å². The third-order valence-corrected chi connectivity index (χ3v) is 5.01. The lowest BCUT2D eigenvalue weighted by atomic mass is 10.2. The molecule has 0 aliphatic rings. The van der Waals surface area contributed by atoms with Gasteiger partial charge in [0.05, 0.1) is 7.11 Å². The molecule has 0 radical (unpaired) electrons. The van der Waals surface area contributed by atoms with Crippen molar-refractivity contribution in [2.24, 2.45) is 0 Å². The number of methoxy groups -OCH3 is 1. The predicted molar refractivity (Wildman–Crippen MR) is 109 cm³/mol. The van der Waals surface area contributed by atoms with Gasteiger partial charge in [-0.3, -0.25) is 0 Å². The Morgan fingerprint density at radius 2 is 1.85 bits per heavy atom. The van der Waals surface area contributed by atoms with Crippen LogP contribution in [0.1, 0.15) is 11.1 Å². The minimum absolute atomic E-state index is 0.507. The molecule has 4 aromatic rings. The van der Waals surface area contributed by atoms with Crippen LogP contribution < -0.4 is 14.8 Å². The number of nitrogens with zero attached hydrogens (tertiary/aromatic N) is 2. The lowest BCUT2D eigenvalue weighted by molar-refractivity contribution is 0.284. The van der Waals surface area contributed by atoms with Crippen LogP contribution in [0.25, 0.3) is 10.3 Å². The summed E-state index contributed by atoms with van der Waals surface area (Å²) in [4.78, 5) is 9.79. The van der Waals surface area contributed by atoms with E-state index in [1.54, 1.807) is 24.6 Å². The first-order valence-electron chi connectivity index (χ1n) is 8.61. The minimum atomic E-state index is 0.507. The highest BCUT2D eigenvalue weighted by Gasteiger charge is 2.08. The van der Waals surface area contributed by atoms with Crippen molar-refractivity contribution in [3.63, 3.8) is 0 Å². The summed E-state index contributed by atoms with van der Waals surface area (Å²) >= 11 is 1.55. The van der Waals surface area contributed by atoms with Gasteiger partial charge in [0.15, 0.2) is 16.6 Å². The average Bonchev–Trinajstić information content (AvgIpc) is 3.15. The minimum Gasteiger partial charge on any atom is -0.493 e. The molecule has 0 saturated carbocycles. The molecule has 1 N–H and O–H groups in total. The molecular weight excluding hydrogens is 358 g/mol. The fourth-order valence-electron chi connectivity index (χ4n) is 2.70. The van der Waals surface area contributed by atoms with Crippen LogP contribution in [0.5, 0.6) is 11.5 Å². The van der Waals surface area contributed by atoms with Gasteiger partial charge in [0.1, 0.15) is 17.0 Å². The predicted octanol–water partition coefficient (Wildman–Crippen LogP) is 4.89. The number of nitrogens with one attached hydrogen (secondary N) is 1. The van der Waals surface area contributed by atoms with Gasteiger partial charge in [0.25, 0.3) is 0 Å². The van der Waals surface area contributed by atoms with Gasteiger partial charge in [-0.05, 0) is 35.4 Å². The molecule has 2 heterocycles. The molecule has 5 nitrogen and oxygen atoms in total. The summed E-state index contributed by atoms with van der Waals surface area (Å²) in [6, 6.07) is 19.9. The smallest absolute Gasteiger partial charge is 0.185 e. The van der Waals surface area contributed by atoms with Crippen molar-refractivity contribution in [2.45, 2.75) is 13.2 Å². The molecule has 0 aliphatic carbocycles. The topological polar surface area (TPSA) is 56.3 Å². The van der Waals surface area contributed by atoms with Crippen LogP contribution in [0.4, 0.5) is 5.13 Å². The van der Waals surface area contributed by atoms with Crippen molar-refractivity contribution in [2.75, 3.05) is 12.4 Å². The molecule has 0 bridgehead atoms. The Balaban J connectivity index is 1.42. The Morgan fingerprint density at radius 1 is 0.963 bits per heavy atom. The van der Waals surface area contributed by atoms with E-state index in [1.807, 2.05) is 60.7 Å². The van der Waals surface area contributed by atoms with Gasteiger partial charge in [-0.2, -0.15) is 0 Å². The highest BCUT2D eigenvalue weighted by atomic mass is 32.1. The number of ether oxygens (including phenoxy) is 2. The summed E-state index contributed by atoms with van der Waals surface area (Å²) in [5.74, 6) is 1.45. The highest BCUT2D eigenvalue weighted by Crippen LogP contribution is 2.30. The molecule has 0 unspecified atom stereocenters. The monoisotopic (exact) mass is 377 g/mol. The van der Waals surface area contributed by atoms with Crippen LogP contribution in [0.3, 0.4) is 0 Å². The van der Waals surface area contributed by atoms with Crippen molar-refractivity contribution < 1.29 is 9.47 Å². The number of benzene rings is 2. The maximum Gasteiger partial charge on any atom is 0.185 e. The third-order valence-electron chi connectivity index (χ3n) is 4.08. The van der Waals surface area contributed by atoms with Gasteiger partial charge < -0.3 is 14.8 Å². The van der Waals surface area contributed by atoms with Gasteiger partial charge in [0, 0.05) is 12.7 Å². The largest absolute Gasteiger partial charge is 0.493 e. The zero-order chi connectivity index (χ0) is 18.5. The molecule has 0 spiro atoms. The molecule has 2 aromatic heterocycles. The van der Waals surface area contributed by atoms with E-state index in [9.17, 15) is 0 Å². The van der Waals surface area contributed by atoms with Crippen LogP contribution in [0.15, 0.2) is 66.9 Å². The number of rotatable bonds is 7. The summed E-state index contributed by atoms with van der Waals surface area (Å²) in [6.07, 6.45) is 1.78. The molecule has 0 fully saturated rings. The van der Waals surface area contributed by atoms with E-state index in [0.29, 0.717) is 13.2 Å². The SMILES string of the molecule is COc1cc(CNc2nc3cccnc3s2)ccc1OCc1ccccc1. The quantitative estimate of drug-likeness (QED) is 0.497. The molecule has 0 saturated heterocycles. The van der Waals surface area contributed by atoms with E-state index in [0.717, 1.165) is 38.1 Å². The molecule has 4 rings (SSSR count). The second-order valence-corrected chi connectivity index (χ2v) is 6.94. The molecule has 6 heteroatoms. The summed E-state index contributed by atoms with van der Waals surface area (Å²) < 4.78 is 11.4. The number of anilines is 1. The summed E-state index contributed by atoms with van der Waals surface area (Å²) in [5.41, 5.74) is 3.12. The van der Waals surface area contributed by atoms with Crippen molar-refractivity contribution in [1.82, 2.24) is 9.97 Å². The number of hydrogen-bond donors (Lipinski definition) is 1. The maximum atomic E-state index is 5.91. The zero-order valence-electron chi connectivity index (χ0n) is 14.9. The lowest BCUT2D eigenvalue weighted by Gasteiger charge is -2.12. The third kappa shape index (κ3) is 4.17. The summed E-state index contributed by atoms with van der Waals surface area (Å²) in [6.45, 7) is 1.16. The van der Waals surface area contributed by atoms with E-state index < -0.39 is 0 Å². The van der Waals surface area contributed by atoms with E-state index in [1.165, 1.54) is 0 Å². The van der Waals surface area contributed by atoms with Crippen molar-refractivity contribution in [3.8, 4) is 11.5 Å². The molecule has 2 aromatic carbocycles. The second-order valence-electron chi connectivity index (χ2n) is 5.96. The van der Waals surface area contributed by atoms with E-state index in [4.69, 9.17) is 9.47 Å². The normalized spacial score (nSPS) is 10.7. The molecular formula is C21H19N3O2S. The first kappa shape index (κ1) is 17.3. The standard InChI is InChI=1S/C21H19N3O2S/c1-25-19-12-16(9-10-18(19)26-14-15-6-3-2-4-7-15)13-23-21-24-17-8-5-11-22-20(17)27-21/h2-12H,13-14H2,1H3,(H,23,24). The van der Waals surface area contributed by atoms with E-state index >= 15 is 0 Å². The number of fused-ring (bicyclic) bond motifs is 1. The van der Waals surface area contributed by atoms with E-state index in [2.05, 4.69) is 15.3 Å². The van der Waals surface area contributed by atoms with Gasteiger partial charge in [0.2, 0.25) is 0 Å². The van der Waals surface area contributed by atoms with Gasteiger partial charge in [-0.1, -0.05) is 47.7 Å². The Morgan fingerprint density at radius 3 is 2.67 bits per heavy atom. The first-order valence-corrected chi connectivity index (χ1v) is 9.42. The van der Waals surface area contributed by atoms with Crippen molar-refractivity contribution >= 4 is 26.8 Å². The molecule has 0 amide bonds. The Hall–Kier alpha value is -3.12. The second kappa shape index (κ2) is 8.05. The number of aromatic nitrogens is 2. The van der Waals surface area contributed by atoms with E-state index in [-0.39, 0.29) is 0 Å². The zero-order valence-corrected chi connectivity index (χ0v) is 15.7. The van der Waals surface area contributed by atoms with Gasteiger partial charge in [-0.25, -0.2) is 9.97 Å². The number of pyridine rings is 1. The Bertz CT molecular complexity index is 1000. The van der Waals surface area contributed by atoms with Gasteiger partial charge >= 0.3 is 0 Å². The molecule has 0 aliphatic heterocycles. The Kier molecular flexibility index (Phi) is 5.16. The average molecular weight is 377 g/mol. The van der Waals surface area contributed by atoms with Crippen LogP contribution in [0, 0.1) is 0 Å². The fourth-order valence-corrected chi connectivity index (χ4v) is 3.50. The van der Waals surface area contributed by atoms with Gasteiger partial charge in [-0.15, -0.1) is 0 Å². The van der Waals surface area contributed by atoms with Crippen LogP contribution >= 0.6 is 11.3 Å². The maximum absolute atomic E-state index is 5.91. The number of thiazole rings is 1. The molecule has 0 atom stereocenters. The lowest BCUT2D eigenvalue weighted by Crippen LogP contribution is -2.01. The summed E-state index contributed by atoms with van der Waals surface area (Å²) in [5, 5.41) is 4.20. The highest BCUT2D eigenvalue weighted by molar-refractivity contribution is 7.21. The van der Waals surface area contributed by atoms with Crippen LogP contribution in [-0.4, -0.2) is 17.1 Å². The van der Waals surface area contributed by atoms with Crippen LogP contribution in [-0.2, 0) is 13.2 Å². The van der Waals surface area contributed by atoms with Crippen molar-refractivity contribution in [3.05, 3.63) is 78.0 Å². The van der Waals surface area contributed by atoms with Crippen LogP contribution in [0.2, 0.25) is 0 Å².